The van der Waals surface area contributed by atoms with Crippen molar-refractivity contribution >= 4 is 160 Å². The van der Waals surface area contributed by atoms with Gasteiger partial charge in [0.25, 0.3) is 63.8 Å². The van der Waals surface area contributed by atoms with Crippen LogP contribution >= 0.6 is 73.9 Å². The first kappa shape index (κ1) is 98.6. The van der Waals surface area contributed by atoms with Crippen molar-refractivity contribution in [2.24, 2.45) is 51.1 Å². The molecule has 10 aromatic rings. The van der Waals surface area contributed by atoms with Crippen LogP contribution in [0.4, 0.5) is 59.2 Å². The van der Waals surface area contributed by atoms with E-state index < -0.39 is 167 Å². The number of aromatic nitrogens is 10. The van der Waals surface area contributed by atoms with E-state index in [4.69, 9.17) is 11.6 Å². The number of amides is 5. The summed E-state index contributed by atoms with van der Waals surface area (Å²) in [5.74, 6) is -12.9. The van der Waals surface area contributed by atoms with Crippen LogP contribution in [0.3, 0.4) is 0 Å². The second-order valence-electron chi connectivity index (χ2n) is 27.1. The van der Waals surface area contributed by atoms with E-state index in [9.17, 15) is 104 Å². The molecule has 15 rings (SSSR count). The molecule has 0 saturated heterocycles. The highest BCUT2D eigenvalue weighted by molar-refractivity contribution is 7.99. The van der Waals surface area contributed by atoms with Crippen molar-refractivity contribution < 1.29 is 80.2 Å². The van der Waals surface area contributed by atoms with Gasteiger partial charge >= 0.3 is 0 Å². The molecule has 0 fully saturated rings. The molecule has 5 amide bonds. The Kier molecular flexibility index (Phi) is 33.4. The second-order valence-corrected chi connectivity index (χ2v) is 29.9. The molecule has 0 radical (unpaired) electrons. The molecule has 41 nitrogen and oxygen atoms in total. The van der Waals surface area contributed by atoms with Crippen molar-refractivity contribution in [3.63, 3.8) is 0 Å². The van der Waals surface area contributed by atoms with E-state index in [0.29, 0.717) is 53.6 Å². The van der Waals surface area contributed by atoms with Gasteiger partial charge in [-0.25, -0.2) is 30.7 Å². The molecule has 5 aromatic carbocycles. The Morgan fingerprint density at radius 2 is 0.744 bits per heavy atom. The summed E-state index contributed by atoms with van der Waals surface area (Å²) in [6.07, 6.45) is 5.40. The van der Waals surface area contributed by atoms with Crippen molar-refractivity contribution in [2.75, 3.05) is 85.7 Å². The zero-order valence-corrected chi connectivity index (χ0v) is 73.1. The lowest BCUT2D eigenvalue weighted by Crippen LogP contribution is -2.25. The quantitative estimate of drug-likeness (QED) is 0.0116. The Morgan fingerprint density at radius 3 is 1.12 bits per heavy atom. The fourth-order valence-electron chi connectivity index (χ4n) is 11.6. The van der Waals surface area contributed by atoms with Crippen LogP contribution in [0.1, 0.15) is 115 Å². The second kappa shape index (κ2) is 45.1. The average molecular weight is 1950 g/mol. The number of rotatable bonds is 24. The van der Waals surface area contributed by atoms with E-state index in [1.165, 1.54) is 60.3 Å². The SMILES string of the molecule is CN(C)CCSc1nc(O)c(C(=O)Nc2ccc(C3=CCN=N3)cc2F)c(=O)[nH]1.O=C(Nc1cc(F)c(C2=CCN=N2)cc1F)c1c(O)nc(CS)[nH]c1=O.O=C(Nc1ccc(C2=CCN=N2)c(F)c1F)c1c(O)nc(CS)[nH]c1=O.O=C(Nc1ccc(C2=CCN=N2)cc1C(F)F)c1c(O)nc(CS)[nH]c1=O.O=C(Nc1ccc(C2=CCN=N2)cc1Cl)c1c(O)nc(CS)[nH]c1=O. The summed E-state index contributed by atoms with van der Waals surface area (Å²) < 4.78 is 98.1. The Labute approximate surface area is 771 Å². The maximum absolute atomic E-state index is 14.4. The van der Waals surface area contributed by atoms with Gasteiger partial charge in [-0.2, -0.15) is 127 Å². The summed E-state index contributed by atoms with van der Waals surface area (Å²) in [6.45, 7) is 2.61. The lowest BCUT2D eigenvalue weighted by Gasteiger charge is -2.12. The molecule has 0 atom stereocenters. The van der Waals surface area contributed by atoms with E-state index in [0.717, 1.165) is 30.3 Å². The van der Waals surface area contributed by atoms with Crippen LogP contribution in [0.2, 0.25) is 5.02 Å². The highest BCUT2D eigenvalue weighted by Crippen LogP contribution is 2.36. The Morgan fingerprint density at radius 1 is 0.406 bits per heavy atom. The zero-order valence-electron chi connectivity index (χ0n) is 67.9. The van der Waals surface area contributed by atoms with Gasteiger partial charge in [-0.3, -0.25) is 47.9 Å². The van der Waals surface area contributed by atoms with E-state index in [2.05, 4.69) is 167 Å². The summed E-state index contributed by atoms with van der Waals surface area (Å²) in [6, 6.07) is 16.9. The molecule has 0 bridgehead atoms. The number of thioether (sulfide) groups is 1. The molecule has 5 aliphatic rings. The maximum Gasteiger partial charge on any atom is 0.268 e. The predicted octanol–water partition coefficient (Wildman–Crippen LogP) is 12.3. The number of carbonyl (C=O) groups excluding carboxylic acids is 5. The minimum atomic E-state index is -2.89. The third-order valence-electron chi connectivity index (χ3n) is 18.0. The fourth-order valence-corrected chi connectivity index (χ4v) is 13.4. The van der Waals surface area contributed by atoms with Gasteiger partial charge in [-0.15, -0.1) is 0 Å². The lowest BCUT2D eigenvalue weighted by molar-refractivity contribution is 0.101. The molecule has 5 aliphatic heterocycles. The van der Waals surface area contributed by atoms with E-state index in [-0.39, 0.29) is 109 Å². The smallest absolute Gasteiger partial charge is 0.268 e. The molecule has 0 aliphatic carbocycles. The molecule has 688 valence electrons. The monoisotopic (exact) mass is 1950 g/mol. The standard InChI is InChI=1S/C18H19FN6O3S.C16H13F2N5O3S.C15H12ClN5O3S.2C15H11F2N5O3S/c1-25(2)7-8-29-18-22-16(27)14(17(28)23-18)15(26)21-13-4-3-10(9-11(13)19)12-5-6-20-24-12;17-13(18)8-5-7(9-3-4-19-23-9)1-2-10(8)20-14(24)12-15(25)21-11(6-27)22-16(12)26;16-8-5-7(9-3-4-17-21-9)1-2-10(8)18-13(22)12-14(23)19-11(6-25)20-15(12)24;16-7-4-10(8(17)3-6(7)9-1-2-18-22-9)19-13(23)12-14(24)20-11(5-26)21-15(12)25;16-11-6(7-3-4-18-22-7)1-2-8(12(11)17)19-13(23)10-14(24)20-9(5-26)21-15(10)25/h3-5,9H,6-8H2,1-2H3,(H,21,26)(H2,22,23,27,28);1-3,5,13,27H,4,6H2,(H,20,24)(H2,21,22,25,26);1-3,5,25H,4,6H2,(H,18,22)(H2,19,20,23,24);1,3-4,26H,2,5H2,(H,19,23)(H2,20,21,24,25);1-3,26H,4-5H2,(H,19,23)(H2,20,21,24,25). The highest BCUT2D eigenvalue weighted by Gasteiger charge is 2.29. The van der Waals surface area contributed by atoms with Crippen molar-refractivity contribution in [1.29, 1.82) is 0 Å². The Bertz CT molecular complexity index is 6860. The number of nitrogens with zero attached hydrogens (tertiary/aromatic N) is 16. The fraction of sp³-hybridized carbons (Fsp3) is 0.177. The molecular weight excluding hydrogens is 1880 g/mol. The number of H-pyrrole nitrogens is 5. The Hall–Kier alpha value is -14.9. The number of alkyl halides is 2. The molecule has 0 unspecified atom stereocenters. The third kappa shape index (κ3) is 24.8. The van der Waals surface area contributed by atoms with Crippen molar-refractivity contribution in [3.05, 3.63) is 280 Å². The first-order valence-corrected chi connectivity index (χ1v) is 41.7. The number of halogens is 8. The third-order valence-corrected chi connectivity index (χ3v) is 20.3. The van der Waals surface area contributed by atoms with Gasteiger partial charge in [-0.1, -0.05) is 41.6 Å². The van der Waals surface area contributed by atoms with Crippen LogP contribution in [0.15, 0.2) is 190 Å². The minimum Gasteiger partial charge on any atom is -0.493 e. The lowest BCUT2D eigenvalue weighted by atomic mass is 10.1. The number of hydrogen-bond acceptors (Lipinski definition) is 36. The van der Waals surface area contributed by atoms with Crippen molar-refractivity contribution in [2.45, 2.75) is 34.6 Å². The Balaban J connectivity index is 0.000000160. The van der Waals surface area contributed by atoms with Crippen LogP contribution in [-0.4, -0.2) is 169 Å². The molecular formula is C79H66ClF7N26O15S5. The van der Waals surface area contributed by atoms with Gasteiger partial charge in [0.05, 0.1) is 89.0 Å². The number of aromatic amines is 5. The summed E-state index contributed by atoms with van der Waals surface area (Å²) in [4.78, 5) is 153. The van der Waals surface area contributed by atoms with Gasteiger partial charge in [0.15, 0.2) is 44.6 Å². The van der Waals surface area contributed by atoms with E-state index in [1.54, 1.807) is 36.4 Å². The van der Waals surface area contributed by atoms with Gasteiger partial charge in [-0.05, 0) is 99.1 Å². The van der Waals surface area contributed by atoms with Crippen LogP contribution in [0.5, 0.6) is 29.4 Å². The number of hydrogen-bond donors (Lipinski definition) is 19. The van der Waals surface area contributed by atoms with Crippen LogP contribution in [0.25, 0.3) is 28.5 Å². The topological polar surface area (TPSA) is 602 Å². The summed E-state index contributed by atoms with van der Waals surface area (Å²) in [5, 5.41) is 98.4. The maximum atomic E-state index is 14.4. The number of aromatic hydroxyl groups is 5. The molecule has 54 heteroatoms. The molecule has 15 N–H and O–H groups in total. The van der Waals surface area contributed by atoms with Crippen LogP contribution in [-0.2, 0) is 23.0 Å². The number of azo groups is 5. The van der Waals surface area contributed by atoms with Crippen molar-refractivity contribution in [1.82, 2.24) is 54.7 Å². The first-order chi connectivity index (χ1) is 63.6. The number of benzene rings is 5. The van der Waals surface area contributed by atoms with Gasteiger partial charge in [0.2, 0.25) is 29.4 Å². The van der Waals surface area contributed by atoms with Crippen molar-refractivity contribution in [3.8, 4) is 29.4 Å². The summed E-state index contributed by atoms with van der Waals surface area (Å²) >= 11 is 23.0. The molecule has 0 spiro atoms. The number of thiol groups is 4. The van der Waals surface area contributed by atoms with Crippen LogP contribution < -0.4 is 54.4 Å². The van der Waals surface area contributed by atoms with E-state index in [1.807, 2.05) is 35.7 Å². The van der Waals surface area contributed by atoms with Gasteiger partial charge in [0.1, 0.15) is 40.7 Å². The number of anilines is 5. The molecule has 10 heterocycles. The number of carbonyl (C=O) groups is 5. The zero-order chi connectivity index (χ0) is 96.2. The summed E-state index contributed by atoms with van der Waals surface area (Å²) in [5.41, 5.74) is -5.60. The first-order valence-electron chi connectivity index (χ1n) is 37.9. The molecule has 0 saturated carbocycles. The van der Waals surface area contributed by atoms with Gasteiger partial charge in [0, 0.05) is 80.4 Å². The van der Waals surface area contributed by atoms with Gasteiger partial charge < -0.3 is 81.9 Å². The molecule has 133 heavy (non-hydrogen) atoms. The largest absolute Gasteiger partial charge is 0.493 e. The normalized spacial score (nSPS) is 13.0. The van der Waals surface area contributed by atoms with Crippen LogP contribution in [0, 0.1) is 29.1 Å². The van der Waals surface area contributed by atoms with E-state index >= 15 is 0 Å². The molecule has 5 aromatic heterocycles. The minimum absolute atomic E-state index is 0.0270. The summed E-state index contributed by atoms with van der Waals surface area (Å²) in [7, 11) is 3.81. The number of nitrogens with one attached hydrogen (secondary N) is 10. The highest BCUT2D eigenvalue weighted by atomic mass is 35.5. The average Bonchev–Trinajstić information content (AvgIpc) is 1.79. The predicted molar refractivity (Wildman–Crippen MR) is 483 cm³/mol.